The number of nitriles is 1. The van der Waals surface area contributed by atoms with Gasteiger partial charge in [-0.2, -0.15) is 5.26 Å². The summed E-state index contributed by atoms with van der Waals surface area (Å²) in [6.07, 6.45) is 1.33. The number of ether oxygens (including phenoxy) is 1. The molecular weight excluding hydrogens is 533 g/mol. The molecule has 0 amide bonds. The molecule has 0 radical (unpaired) electrons. The predicted molar refractivity (Wildman–Crippen MR) is 158 cm³/mol. The van der Waals surface area contributed by atoms with Crippen molar-refractivity contribution in [3.05, 3.63) is 118 Å². The molecule has 8 nitrogen and oxygen atoms in total. The number of hydrogen-bond donors (Lipinski definition) is 2. The van der Waals surface area contributed by atoms with E-state index in [1.54, 1.807) is 37.4 Å². The molecule has 0 unspecified atom stereocenters. The molecule has 0 saturated carbocycles. The molecule has 212 valence electrons. The van der Waals surface area contributed by atoms with E-state index in [2.05, 4.69) is 0 Å². The maximum Gasteiger partial charge on any atom is 0.335 e. The van der Waals surface area contributed by atoms with Crippen LogP contribution >= 0.6 is 0 Å². The fourth-order valence-electron chi connectivity index (χ4n) is 4.93. The van der Waals surface area contributed by atoms with Gasteiger partial charge in [0, 0.05) is 31.3 Å². The lowest BCUT2D eigenvalue weighted by Gasteiger charge is -2.17. The van der Waals surface area contributed by atoms with Crippen molar-refractivity contribution in [2.24, 2.45) is 5.73 Å². The molecule has 0 spiro atoms. The van der Waals surface area contributed by atoms with E-state index < -0.39 is 5.97 Å². The number of pyridine rings is 1. The molecule has 42 heavy (non-hydrogen) atoms. The molecular formula is C33H30FN5O3. The van der Waals surface area contributed by atoms with Crippen molar-refractivity contribution in [3.63, 3.8) is 0 Å². The number of fused-ring (bicyclic) bond motifs is 1. The van der Waals surface area contributed by atoms with Crippen molar-refractivity contribution in [3.8, 4) is 17.3 Å². The number of benzene rings is 3. The minimum absolute atomic E-state index is 0.193. The fraction of sp³-hybridized carbons (Fsp3) is 0.212. The van der Waals surface area contributed by atoms with Crippen LogP contribution in [0.2, 0.25) is 0 Å². The first-order valence-corrected chi connectivity index (χ1v) is 13.6. The SMILES string of the molecule is CO[C@H](CN)Cn1c(Cc2ccc(-c3cccc(CCc4ccc(C#N)cc4F)n3)cc2)nc2ccc(C(=O)O)cc21. The van der Waals surface area contributed by atoms with Crippen molar-refractivity contribution in [1.29, 1.82) is 5.26 Å². The van der Waals surface area contributed by atoms with Crippen molar-refractivity contribution in [2.45, 2.75) is 31.9 Å². The van der Waals surface area contributed by atoms with E-state index in [1.807, 2.05) is 53.1 Å². The van der Waals surface area contributed by atoms with Crippen LogP contribution in [0.25, 0.3) is 22.3 Å². The zero-order valence-electron chi connectivity index (χ0n) is 23.1. The standard InChI is InChI=1S/C33H30FN5O3/c1-42-27(19-36)20-39-31-17-25(33(40)41)12-14-30(31)38-32(39)16-21-5-9-24(10-6-21)29-4-2-3-26(37-29)13-11-23-8-7-22(18-35)15-28(23)34/h2-10,12,14-15,17,27H,11,13,16,19-20,36H2,1H3,(H,40,41)/t27-/m1/s1. The van der Waals surface area contributed by atoms with Crippen LogP contribution in [-0.4, -0.2) is 45.4 Å². The average molecular weight is 564 g/mol. The van der Waals surface area contributed by atoms with Crippen molar-refractivity contribution in [1.82, 2.24) is 14.5 Å². The summed E-state index contributed by atoms with van der Waals surface area (Å²) in [5.41, 5.74) is 12.0. The van der Waals surface area contributed by atoms with Gasteiger partial charge in [0.2, 0.25) is 0 Å². The maximum atomic E-state index is 14.3. The lowest BCUT2D eigenvalue weighted by molar-refractivity contribution is 0.0697. The molecule has 3 aromatic carbocycles. The Balaban J connectivity index is 1.35. The van der Waals surface area contributed by atoms with Gasteiger partial charge in [0.05, 0.1) is 46.6 Å². The second-order valence-electron chi connectivity index (χ2n) is 10.0. The predicted octanol–water partition coefficient (Wildman–Crippen LogP) is 5.16. The number of aryl methyl sites for hydroxylation is 2. The first kappa shape index (κ1) is 28.6. The number of rotatable bonds is 11. The average Bonchev–Trinajstić information content (AvgIpc) is 3.35. The van der Waals surface area contributed by atoms with Crippen LogP contribution in [0.4, 0.5) is 4.39 Å². The van der Waals surface area contributed by atoms with Gasteiger partial charge >= 0.3 is 5.97 Å². The highest BCUT2D eigenvalue weighted by Gasteiger charge is 2.17. The Labute approximate surface area is 242 Å². The lowest BCUT2D eigenvalue weighted by Crippen LogP contribution is -2.28. The van der Waals surface area contributed by atoms with Gasteiger partial charge in [-0.05, 0) is 66.4 Å². The van der Waals surface area contributed by atoms with Crippen LogP contribution in [-0.2, 0) is 30.5 Å². The largest absolute Gasteiger partial charge is 0.478 e. The second-order valence-corrected chi connectivity index (χ2v) is 10.0. The fourth-order valence-corrected chi connectivity index (χ4v) is 4.93. The number of aromatic carboxylic acids is 1. The molecule has 5 aromatic rings. The third-order valence-electron chi connectivity index (χ3n) is 7.31. The number of carbonyl (C=O) groups is 1. The maximum absolute atomic E-state index is 14.3. The summed E-state index contributed by atoms with van der Waals surface area (Å²) in [5, 5.41) is 18.4. The number of carboxylic acid groups (broad SMARTS) is 1. The molecule has 2 aromatic heterocycles. The Morgan fingerprint density at radius 3 is 2.57 bits per heavy atom. The van der Waals surface area contributed by atoms with E-state index in [1.165, 1.54) is 6.07 Å². The summed E-state index contributed by atoms with van der Waals surface area (Å²) in [6.45, 7) is 0.764. The van der Waals surface area contributed by atoms with Crippen LogP contribution in [0.1, 0.15) is 38.6 Å². The third kappa shape index (κ3) is 6.36. The van der Waals surface area contributed by atoms with E-state index in [-0.39, 0.29) is 17.5 Å². The monoisotopic (exact) mass is 563 g/mol. The summed E-state index contributed by atoms with van der Waals surface area (Å²) in [5.74, 6) is -0.591. The quantitative estimate of drug-likeness (QED) is 0.227. The number of halogens is 1. The Morgan fingerprint density at radius 1 is 1.07 bits per heavy atom. The van der Waals surface area contributed by atoms with Gasteiger partial charge in [-0.3, -0.25) is 4.98 Å². The van der Waals surface area contributed by atoms with Crippen molar-refractivity contribution >= 4 is 17.0 Å². The number of aromatic nitrogens is 3. The van der Waals surface area contributed by atoms with E-state index >= 15 is 0 Å². The lowest BCUT2D eigenvalue weighted by atomic mass is 10.0. The van der Waals surface area contributed by atoms with Gasteiger partial charge in [-0.1, -0.05) is 36.4 Å². The van der Waals surface area contributed by atoms with E-state index in [0.29, 0.717) is 49.0 Å². The van der Waals surface area contributed by atoms with Crippen LogP contribution in [0.15, 0.2) is 78.9 Å². The van der Waals surface area contributed by atoms with Gasteiger partial charge in [-0.15, -0.1) is 0 Å². The molecule has 0 aliphatic heterocycles. The summed E-state index contributed by atoms with van der Waals surface area (Å²) in [4.78, 5) is 21.2. The molecule has 3 N–H and O–H groups in total. The molecule has 0 saturated heterocycles. The van der Waals surface area contributed by atoms with Gasteiger partial charge < -0.3 is 20.1 Å². The molecule has 0 aliphatic rings. The van der Waals surface area contributed by atoms with Crippen molar-refractivity contribution < 1.29 is 19.0 Å². The molecule has 0 bridgehead atoms. The number of nitrogens with two attached hydrogens (primary N) is 1. The Kier molecular flexibility index (Phi) is 8.67. The molecule has 5 rings (SSSR count). The Morgan fingerprint density at radius 2 is 1.88 bits per heavy atom. The van der Waals surface area contributed by atoms with Crippen LogP contribution < -0.4 is 5.73 Å². The Bertz CT molecular complexity index is 1770. The minimum Gasteiger partial charge on any atom is -0.478 e. The summed E-state index contributed by atoms with van der Waals surface area (Å²) in [6, 6.07) is 25.3. The van der Waals surface area contributed by atoms with Crippen LogP contribution in [0.3, 0.4) is 0 Å². The van der Waals surface area contributed by atoms with Gasteiger partial charge in [0.15, 0.2) is 0 Å². The van der Waals surface area contributed by atoms with E-state index in [0.717, 1.165) is 33.9 Å². The number of hydrogen-bond acceptors (Lipinski definition) is 6. The highest BCUT2D eigenvalue weighted by molar-refractivity contribution is 5.92. The number of methoxy groups -OCH3 is 1. The summed E-state index contributed by atoms with van der Waals surface area (Å²) >= 11 is 0. The number of imidazole rings is 1. The van der Waals surface area contributed by atoms with E-state index in [9.17, 15) is 14.3 Å². The first-order valence-electron chi connectivity index (χ1n) is 13.6. The zero-order valence-corrected chi connectivity index (χ0v) is 23.1. The van der Waals surface area contributed by atoms with E-state index in [4.69, 9.17) is 25.7 Å². The normalized spacial score (nSPS) is 11.9. The van der Waals surface area contributed by atoms with Gasteiger partial charge in [-0.25, -0.2) is 14.2 Å². The van der Waals surface area contributed by atoms with Crippen LogP contribution in [0.5, 0.6) is 0 Å². The highest BCUT2D eigenvalue weighted by atomic mass is 19.1. The number of nitrogens with zero attached hydrogens (tertiary/aromatic N) is 4. The first-order chi connectivity index (χ1) is 20.4. The zero-order chi connectivity index (χ0) is 29.6. The second kappa shape index (κ2) is 12.7. The van der Waals surface area contributed by atoms with Crippen molar-refractivity contribution in [2.75, 3.05) is 13.7 Å². The Hall–Kier alpha value is -4.91. The molecule has 0 aliphatic carbocycles. The third-order valence-corrected chi connectivity index (χ3v) is 7.31. The molecule has 9 heteroatoms. The smallest absolute Gasteiger partial charge is 0.335 e. The highest BCUT2D eigenvalue weighted by Crippen LogP contribution is 2.24. The molecule has 1 atom stereocenters. The topological polar surface area (TPSA) is 127 Å². The molecule has 2 heterocycles. The van der Waals surface area contributed by atoms with Gasteiger partial charge in [0.1, 0.15) is 11.6 Å². The van der Waals surface area contributed by atoms with Crippen LogP contribution in [0, 0.1) is 17.1 Å². The summed E-state index contributed by atoms with van der Waals surface area (Å²) in [7, 11) is 1.60. The minimum atomic E-state index is -0.997. The van der Waals surface area contributed by atoms with Gasteiger partial charge in [0.25, 0.3) is 0 Å². The summed E-state index contributed by atoms with van der Waals surface area (Å²) < 4.78 is 21.8. The number of carboxylic acids is 1. The molecule has 0 fully saturated rings.